The summed E-state index contributed by atoms with van der Waals surface area (Å²) < 4.78 is 5.09. The zero-order valence-electron chi connectivity index (χ0n) is 8.28. The van der Waals surface area contributed by atoms with E-state index in [4.69, 9.17) is 4.74 Å². The van der Waals surface area contributed by atoms with Crippen molar-refractivity contribution in [3.8, 4) is 0 Å². The van der Waals surface area contributed by atoms with Gasteiger partial charge in [0.2, 0.25) is 5.91 Å². The number of thioether (sulfide) groups is 1. The SMILES string of the molecule is CCOCC(=O)N1CCSC(C)C1. The lowest BCUT2D eigenvalue weighted by Crippen LogP contribution is -2.42. The Kier molecular flexibility index (Phi) is 4.59. The van der Waals surface area contributed by atoms with Crippen molar-refractivity contribution < 1.29 is 9.53 Å². The fourth-order valence-corrected chi connectivity index (χ4v) is 2.34. The molecule has 3 nitrogen and oxygen atoms in total. The van der Waals surface area contributed by atoms with Crippen LogP contribution in [0.3, 0.4) is 0 Å². The van der Waals surface area contributed by atoms with E-state index >= 15 is 0 Å². The highest BCUT2D eigenvalue weighted by Crippen LogP contribution is 2.17. The lowest BCUT2D eigenvalue weighted by atomic mass is 10.4. The van der Waals surface area contributed by atoms with E-state index in [1.54, 1.807) is 0 Å². The summed E-state index contributed by atoms with van der Waals surface area (Å²) in [5, 5.41) is 0.569. The van der Waals surface area contributed by atoms with E-state index in [1.165, 1.54) is 0 Å². The largest absolute Gasteiger partial charge is 0.372 e. The lowest BCUT2D eigenvalue weighted by molar-refractivity contribution is -0.135. The van der Waals surface area contributed by atoms with Crippen LogP contribution in [0.15, 0.2) is 0 Å². The highest BCUT2D eigenvalue weighted by atomic mass is 32.2. The van der Waals surface area contributed by atoms with Crippen LogP contribution in [0.25, 0.3) is 0 Å². The molecular formula is C9H17NO2S. The van der Waals surface area contributed by atoms with E-state index in [0.717, 1.165) is 18.8 Å². The van der Waals surface area contributed by atoms with Gasteiger partial charge in [-0.15, -0.1) is 0 Å². The van der Waals surface area contributed by atoms with Crippen LogP contribution < -0.4 is 0 Å². The minimum atomic E-state index is 0.133. The number of ether oxygens (including phenoxy) is 1. The van der Waals surface area contributed by atoms with Gasteiger partial charge in [0, 0.05) is 30.7 Å². The maximum Gasteiger partial charge on any atom is 0.248 e. The van der Waals surface area contributed by atoms with Gasteiger partial charge in [0.1, 0.15) is 6.61 Å². The number of nitrogens with zero attached hydrogens (tertiary/aromatic N) is 1. The van der Waals surface area contributed by atoms with E-state index in [-0.39, 0.29) is 12.5 Å². The Labute approximate surface area is 83.8 Å². The molecule has 0 aromatic rings. The van der Waals surface area contributed by atoms with Gasteiger partial charge < -0.3 is 9.64 Å². The second-order valence-electron chi connectivity index (χ2n) is 3.16. The summed E-state index contributed by atoms with van der Waals surface area (Å²) in [5.41, 5.74) is 0. The third-order valence-electron chi connectivity index (χ3n) is 2.02. The standard InChI is InChI=1S/C9H17NO2S/c1-3-12-7-9(11)10-4-5-13-8(2)6-10/h8H,3-7H2,1-2H3. The Hall–Kier alpha value is -0.220. The quantitative estimate of drug-likeness (QED) is 0.685. The van der Waals surface area contributed by atoms with Crippen LogP contribution in [-0.4, -0.2) is 48.1 Å². The second kappa shape index (κ2) is 5.50. The predicted octanol–water partition coefficient (Wildman–Crippen LogP) is 0.987. The smallest absolute Gasteiger partial charge is 0.248 e. The first-order chi connectivity index (χ1) is 6.24. The molecule has 1 fully saturated rings. The van der Waals surface area contributed by atoms with E-state index < -0.39 is 0 Å². The maximum absolute atomic E-state index is 11.5. The maximum atomic E-state index is 11.5. The Bertz CT molecular complexity index is 175. The number of carbonyl (C=O) groups excluding carboxylic acids is 1. The van der Waals surface area contributed by atoms with E-state index in [1.807, 2.05) is 23.6 Å². The summed E-state index contributed by atoms with van der Waals surface area (Å²) >= 11 is 1.93. The van der Waals surface area contributed by atoms with Crippen LogP contribution in [0.2, 0.25) is 0 Å². The topological polar surface area (TPSA) is 29.5 Å². The molecule has 1 unspecified atom stereocenters. The Balaban J connectivity index is 2.28. The summed E-state index contributed by atoms with van der Waals surface area (Å²) in [6, 6.07) is 0. The van der Waals surface area contributed by atoms with Crippen molar-refractivity contribution in [1.82, 2.24) is 4.90 Å². The van der Waals surface area contributed by atoms with Gasteiger partial charge in [0.05, 0.1) is 0 Å². The Morgan fingerprint density at radius 1 is 1.69 bits per heavy atom. The van der Waals surface area contributed by atoms with Gasteiger partial charge >= 0.3 is 0 Å². The van der Waals surface area contributed by atoms with Gasteiger partial charge in [-0.25, -0.2) is 0 Å². The van der Waals surface area contributed by atoms with E-state index in [2.05, 4.69) is 6.92 Å². The minimum Gasteiger partial charge on any atom is -0.372 e. The fourth-order valence-electron chi connectivity index (χ4n) is 1.33. The molecule has 4 heteroatoms. The highest BCUT2D eigenvalue weighted by Gasteiger charge is 2.20. The van der Waals surface area contributed by atoms with Crippen molar-refractivity contribution in [2.75, 3.05) is 32.1 Å². The van der Waals surface area contributed by atoms with Gasteiger partial charge in [-0.05, 0) is 6.92 Å². The van der Waals surface area contributed by atoms with E-state index in [9.17, 15) is 4.79 Å². The summed E-state index contributed by atoms with van der Waals surface area (Å²) in [6.07, 6.45) is 0. The van der Waals surface area contributed by atoms with Crippen molar-refractivity contribution in [2.24, 2.45) is 0 Å². The molecule has 1 amide bonds. The molecule has 1 saturated heterocycles. The number of hydrogen-bond acceptors (Lipinski definition) is 3. The van der Waals surface area contributed by atoms with E-state index in [0.29, 0.717) is 11.9 Å². The summed E-state index contributed by atoms with van der Waals surface area (Å²) in [7, 11) is 0. The molecule has 0 aliphatic carbocycles. The fraction of sp³-hybridized carbons (Fsp3) is 0.889. The first-order valence-electron chi connectivity index (χ1n) is 4.71. The molecule has 1 aliphatic rings. The van der Waals surface area contributed by atoms with Crippen LogP contribution >= 0.6 is 11.8 Å². The predicted molar refractivity (Wildman–Crippen MR) is 55.0 cm³/mol. The Morgan fingerprint density at radius 3 is 3.08 bits per heavy atom. The first kappa shape index (κ1) is 10.9. The highest BCUT2D eigenvalue weighted by molar-refractivity contribution is 7.99. The van der Waals surface area contributed by atoms with Crippen LogP contribution in [0.5, 0.6) is 0 Å². The number of rotatable bonds is 3. The van der Waals surface area contributed by atoms with Gasteiger partial charge in [0.15, 0.2) is 0 Å². The zero-order valence-corrected chi connectivity index (χ0v) is 9.10. The number of carbonyl (C=O) groups is 1. The van der Waals surface area contributed by atoms with Gasteiger partial charge in [-0.1, -0.05) is 6.92 Å². The Morgan fingerprint density at radius 2 is 2.46 bits per heavy atom. The molecule has 1 atom stereocenters. The van der Waals surface area contributed by atoms with Crippen molar-refractivity contribution in [3.63, 3.8) is 0 Å². The molecule has 1 heterocycles. The van der Waals surface area contributed by atoms with Crippen LogP contribution in [0.4, 0.5) is 0 Å². The molecule has 0 bridgehead atoms. The molecule has 0 aromatic heterocycles. The molecule has 0 radical (unpaired) electrons. The van der Waals surface area contributed by atoms with Crippen molar-refractivity contribution in [3.05, 3.63) is 0 Å². The molecule has 13 heavy (non-hydrogen) atoms. The lowest BCUT2D eigenvalue weighted by Gasteiger charge is -2.30. The third-order valence-corrected chi connectivity index (χ3v) is 3.16. The summed E-state index contributed by atoms with van der Waals surface area (Å²) in [5.74, 6) is 1.19. The van der Waals surface area contributed by atoms with Gasteiger partial charge in [0.25, 0.3) is 0 Å². The van der Waals surface area contributed by atoms with Crippen molar-refractivity contribution >= 4 is 17.7 Å². The third kappa shape index (κ3) is 3.56. The van der Waals surface area contributed by atoms with Crippen LogP contribution in [0.1, 0.15) is 13.8 Å². The zero-order chi connectivity index (χ0) is 9.68. The van der Waals surface area contributed by atoms with Gasteiger partial charge in [-0.3, -0.25) is 4.79 Å². The summed E-state index contributed by atoms with van der Waals surface area (Å²) in [6.45, 7) is 6.67. The monoisotopic (exact) mass is 203 g/mol. The molecule has 0 aromatic carbocycles. The van der Waals surface area contributed by atoms with Crippen molar-refractivity contribution in [1.29, 1.82) is 0 Å². The molecule has 0 saturated carbocycles. The average molecular weight is 203 g/mol. The molecule has 1 aliphatic heterocycles. The molecule has 0 spiro atoms. The molecule has 0 N–H and O–H groups in total. The minimum absolute atomic E-state index is 0.133. The van der Waals surface area contributed by atoms with Crippen LogP contribution in [-0.2, 0) is 9.53 Å². The molecule has 1 rings (SSSR count). The average Bonchev–Trinajstić information content (AvgIpc) is 2.14. The molecule has 76 valence electrons. The van der Waals surface area contributed by atoms with Crippen LogP contribution in [0, 0.1) is 0 Å². The van der Waals surface area contributed by atoms with Crippen molar-refractivity contribution in [2.45, 2.75) is 19.1 Å². The summed E-state index contributed by atoms with van der Waals surface area (Å²) in [4.78, 5) is 13.4. The second-order valence-corrected chi connectivity index (χ2v) is 4.70. The number of hydrogen-bond donors (Lipinski definition) is 0. The first-order valence-corrected chi connectivity index (χ1v) is 5.76. The molecular weight excluding hydrogens is 186 g/mol. The van der Waals surface area contributed by atoms with Gasteiger partial charge in [-0.2, -0.15) is 11.8 Å². The number of amides is 1. The normalized spacial score (nSPS) is 23.2.